The number of hydrogen-bond donors (Lipinski definition) is 2. The Morgan fingerprint density at radius 1 is 1.11 bits per heavy atom. The highest BCUT2D eigenvalue weighted by atomic mass is 16.2. The van der Waals surface area contributed by atoms with Crippen LogP contribution in [0.5, 0.6) is 0 Å². The van der Waals surface area contributed by atoms with Crippen molar-refractivity contribution in [3.8, 4) is 11.3 Å². The summed E-state index contributed by atoms with van der Waals surface area (Å²) in [5, 5.41) is 6.71. The second kappa shape index (κ2) is 8.21. The van der Waals surface area contributed by atoms with Crippen molar-refractivity contribution in [1.82, 2.24) is 25.1 Å². The minimum atomic E-state index is -1.11. The molecule has 3 N–H and O–H groups in total. The lowest BCUT2D eigenvalue weighted by atomic mass is 10.0. The van der Waals surface area contributed by atoms with Gasteiger partial charge in [0.15, 0.2) is 0 Å². The van der Waals surface area contributed by atoms with E-state index in [2.05, 4.69) is 20.4 Å². The quantitative estimate of drug-likeness (QED) is 0.567. The fourth-order valence-electron chi connectivity index (χ4n) is 2.83. The van der Waals surface area contributed by atoms with Crippen LogP contribution in [-0.2, 0) is 23.1 Å². The molecule has 2 heterocycles. The van der Waals surface area contributed by atoms with Gasteiger partial charge >= 0.3 is 0 Å². The Bertz CT molecular complexity index is 1000. The first kappa shape index (κ1) is 18.9. The lowest BCUT2D eigenvalue weighted by Gasteiger charge is -2.16. The van der Waals surface area contributed by atoms with Gasteiger partial charge in [0.1, 0.15) is 12.4 Å². The maximum atomic E-state index is 12.9. The van der Waals surface area contributed by atoms with Gasteiger partial charge < -0.3 is 11.1 Å². The Morgan fingerprint density at radius 2 is 1.79 bits per heavy atom. The molecule has 3 aromatic rings. The zero-order valence-electron chi connectivity index (χ0n) is 15.1. The monoisotopic (exact) mass is 378 g/mol. The molecule has 0 saturated carbocycles. The predicted molar refractivity (Wildman–Crippen MR) is 99.8 cm³/mol. The topological polar surface area (TPSA) is 133 Å². The molecule has 0 bridgehead atoms. The van der Waals surface area contributed by atoms with Crippen molar-refractivity contribution in [2.75, 3.05) is 0 Å². The van der Waals surface area contributed by atoms with Crippen LogP contribution in [0.1, 0.15) is 15.9 Å². The maximum Gasteiger partial charge on any atom is 0.287 e. The average Bonchev–Trinajstić information content (AvgIpc) is 3.09. The molecule has 1 aromatic carbocycles. The number of benzene rings is 1. The van der Waals surface area contributed by atoms with Crippen LogP contribution in [0.2, 0.25) is 0 Å². The summed E-state index contributed by atoms with van der Waals surface area (Å²) in [6, 6.07) is 7.94. The number of nitrogens with two attached hydrogens (primary N) is 1. The van der Waals surface area contributed by atoms with Gasteiger partial charge in [-0.15, -0.1) is 0 Å². The van der Waals surface area contributed by atoms with Crippen molar-refractivity contribution in [1.29, 1.82) is 0 Å². The first-order chi connectivity index (χ1) is 13.5. The summed E-state index contributed by atoms with van der Waals surface area (Å²) in [5.41, 5.74) is 7.25. The molecule has 0 aliphatic rings. The van der Waals surface area contributed by atoms with E-state index in [4.69, 9.17) is 5.73 Å². The molecule has 9 heteroatoms. The molecule has 28 heavy (non-hydrogen) atoms. The number of carbonyl (C=O) groups is 3. The number of Topliss-reactive ketones (excluding diaryl/α,β-unsaturated/α-hetero) is 1. The van der Waals surface area contributed by atoms with Gasteiger partial charge in [-0.3, -0.25) is 19.1 Å². The van der Waals surface area contributed by atoms with E-state index in [1.54, 1.807) is 43.7 Å². The van der Waals surface area contributed by atoms with Gasteiger partial charge in [-0.2, -0.15) is 5.10 Å². The molecule has 1 atom stereocenters. The van der Waals surface area contributed by atoms with Gasteiger partial charge in [-0.1, -0.05) is 30.3 Å². The SMILES string of the molecule is Cn1ncc(C(=O)N[C@@H](Cc2ccccc2)C(=O)C(N)=O)c1-c1cncnc1. The van der Waals surface area contributed by atoms with Crippen molar-refractivity contribution in [2.45, 2.75) is 12.5 Å². The fraction of sp³-hybridized carbons (Fsp3) is 0.158. The Kier molecular flexibility index (Phi) is 5.54. The first-order valence-electron chi connectivity index (χ1n) is 8.43. The van der Waals surface area contributed by atoms with E-state index in [1.807, 2.05) is 6.07 Å². The molecular weight excluding hydrogens is 360 g/mol. The van der Waals surface area contributed by atoms with E-state index >= 15 is 0 Å². The number of carbonyl (C=O) groups excluding carboxylic acids is 3. The van der Waals surface area contributed by atoms with Crippen LogP contribution in [0, 0.1) is 0 Å². The summed E-state index contributed by atoms with van der Waals surface area (Å²) < 4.78 is 1.51. The van der Waals surface area contributed by atoms with Crippen molar-refractivity contribution in [2.24, 2.45) is 12.8 Å². The number of aryl methyl sites for hydroxylation is 1. The Morgan fingerprint density at radius 3 is 2.43 bits per heavy atom. The van der Waals surface area contributed by atoms with E-state index in [9.17, 15) is 14.4 Å². The lowest BCUT2D eigenvalue weighted by Crippen LogP contribution is -2.47. The second-order valence-corrected chi connectivity index (χ2v) is 6.10. The third-order valence-electron chi connectivity index (χ3n) is 4.16. The van der Waals surface area contributed by atoms with Crippen LogP contribution in [0.25, 0.3) is 11.3 Å². The first-order valence-corrected chi connectivity index (χ1v) is 8.43. The third kappa shape index (κ3) is 4.09. The standard InChI is InChI=1S/C19H18N6O3/c1-25-16(13-8-21-11-22-9-13)14(10-23-25)19(28)24-15(17(26)18(20)27)7-12-5-3-2-4-6-12/h2-6,8-11,15H,7H2,1H3,(H2,20,27)(H,24,28)/t15-/m0/s1. The molecule has 142 valence electrons. The molecular formula is C19H18N6O3. The summed E-state index contributed by atoms with van der Waals surface area (Å²) in [4.78, 5) is 44.4. The number of ketones is 1. The highest BCUT2D eigenvalue weighted by Gasteiger charge is 2.27. The van der Waals surface area contributed by atoms with Crippen LogP contribution in [0.4, 0.5) is 0 Å². The normalized spacial score (nSPS) is 11.6. The van der Waals surface area contributed by atoms with Crippen LogP contribution in [0.15, 0.2) is 55.2 Å². The molecule has 0 unspecified atom stereocenters. The molecule has 0 spiro atoms. The van der Waals surface area contributed by atoms with E-state index in [-0.39, 0.29) is 12.0 Å². The summed E-state index contributed by atoms with van der Waals surface area (Å²) in [7, 11) is 1.68. The van der Waals surface area contributed by atoms with Crippen molar-refractivity contribution >= 4 is 17.6 Å². The van der Waals surface area contributed by atoms with Gasteiger partial charge in [0.05, 0.1) is 17.5 Å². The summed E-state index contributed by atoms with van der Waals surface area (Å²) in [6.45, 7) is 0. The molecule has 0 radical (unpaired) electrons. The van der Waals surface area contributed by atoms with Crippen molar-refractivity contribution < 1.29 is 14.4 Å². The van der Waals surface area contributed by atoms with Gasteiger partial charge in [-0.05, 0) is 5.56 Å². The molecule has 9 nitrogen and oxygen atoms in total. The van der Waals surface area contributed by atoms with E-state index in [0.29, 0.717) is 11.3 Å². The predicted octanol–water partition coefficient (Wildman–Crippen LogP) is 0.273. The third-order valence-corrected chi connectivity index (χ3v) is 4.16. The van der Waals surface area contributed by atoms with Crippen LogP contribution >= 0.6 is 0 Å². The number of aromatic nitrogens is 4. The largest absolute Gasteiger partial charge is 0.363 e. The number of hydrogen-bond acceptors (Lipinski definition) is 6. The zero-order valence-corrected chi connectivity index (χ0v) is 15.1. The summed E-state index contributed by atoms with van der Waals surface area (Å²) >= 11 is 0. The molecule has 2 aromatic heterocycles. The Labute approximate surface area is 160 Å². The molecule has 2 amide bonds. The smallest absolute Gasteiger partial charge is 0.287 e. The van der Waals surface area contributed by atoms with Gasteiger partial charge in [0.2, 0.25) is 5.78 Å². The van der Waals surface area contributed by atoms with Crippen molar-refractivity contribution in [3.63, 3.8) is 0 Å². The molecule has 0 fully saturated rings. The van der Waals surface area contributed by atoms with Crippen molar-refractivity contribution in [3.05, 3.63) is 66.4 Å². The van der Waals surface area contributed by atoms with E-state index < -0.39 is 23.6 Å². The zero-order chi connectivity index (χ0) is 20.1. The number of nitrogens with one attached hydrogen (secondary N) is 1. The summed E-state index contributed by atoms with van der Waals surface area (Å²) in [6.07, 6.45) is 6.00. The van der Waals surface area contributed by atoms with Gasteiger partial charge in [-0.25, -0.2) is 9.97 Å². The molecule has 0 aliphatic heterocycles. The minimum absolute atomic E-state index is 0.137. The lowest BCUT2D eigenvalue weighted by molar-refractivity contribution is -0.137. The maximum absolute atomic E-state index is 12.9. The number of nitrogens with zero attached hydrogens (tertiary/aromatic N) is 4. The van der Waals surface area contributed by atoms with Gasteiger partial charge in [0, 0.05) is 31.4 Å². The number of rotatable bonds is 7. The summed E-state index contributed by atoms with van der Waals surface area (Å²) in [5.74, 6) is -2.53. The Hall–Kier alpha value is -3.88. The highest BCUT2D eigenvalue weighted by Crippen LogP contribution is 2.21. The van der Waals surface area contributed by atoms with Crippen LogP contribution in [-0.4, -0.2) is 43.4 Å². The van der Waals surface area contributed by atoms with E-state index in [1.165, 1.54) is 17.2 Å². The average molecular weight is 378 g/mol. The van der Waals surface area contributed by atoms with Gasteiger partial charge in [0.25, 0.3) is 11.8 Å². The van der Waals surface area contributed by atoms with Crippen LogP contribution < -0.4 is 11.1 Å². The molecule has 3 rings (SSSR count). The molecule has 0 saturated heterocycles. The number of amides is 2. The minimum Gasteiger partial charge on any atom is -0.363 e. The number of primary amides is 1. The second-order valence-electron chi connectivity index (χ2n) is 6.10. The van der Waals surface area contributed by atoms with Crippen LogP contribution in [0.3, 0.4) is 0 Å². The van der Waals surface area contributed by atoms with E-state index in [0.717, 1.165) is 5.56 Å². The fourth-order valence-corrected chi connectivity index (χ4v) is 2.83. The molecule has 0 aliphatic carbocycles. The highest BCUT2D eigenvalue weighted by molar-refractivity contribution is 6.38. The Balaban J connectivity index is 1.89.